The highest BCUT2D eigenvalue weighted by atomic mass is 15.4. The summed E-state index contributed by atoms with van der Waals surface area (Å²) in [6, 6.07) is 0. The van der Waals surface area contributed by atoms with Gasteiger partial charge in [0.25, 0.3) is 0 Å². The Balaban J connectivity index is 2.23. The Morgan fingerprint density at radius 2 is 2.50 bits per heavy atom. The minimum Gasteiger partial charge on any atom is -0.328 e. The van der Waals surface area contributed by atoms with Crippen molar-refractivity contribution in [2.75, 3.05) is 13.6 Å². The lowest BCUT2D eigenvalue weighted by molar-refractivity contribution is 0.816. The zero-order valence-corrected chi connectivity index (χ0v) is 6.07. The van der Waals surface area contributed by atoms with Gasteiger partial charge in [0.05, 0.1) is 0 Å². The van der Waals surface area contributed by atoms with Crippen molar-refractivity contribution in [1.82, 2.24) is 16.1 Å². The summed E-state index contributed by atoms with van der Waals surface area (Å²) in [4.78, 5) is 0. The normalized spacial score (nSPS) is 16.1. The van der Waals surface area contributed by atoms with Gasteiger partial charge in [-0.2, -0.15) is 5.10 Å². The van der Waals surface area contributed by atoms with E-state index in [9.17, 15) is 0 Å². The molecule has 1 aliphatic rings. The predicted octanol–water partition coefficient (Wildman–Crippen LogP) is -0.427. The molecule has 0 amide bonds. The third-order valence-corrected chi connectivity index (χ3v) is 1.23. The highest BCUT2D eigenvalue weighted by Gasteiger charge is 2.05. The Morgan fingerprint density at radius 1 is 1.70 bits per heavy atom. The van der Waals surface area contributed by atoms with E-state index in [-0.39, 0.29) is 0 Å². The van der Waals surface area contributed by atoms with Crippen molar-refractivity contribution in [3.05, 3.63) is 12.4 Å². The highest BCUT2D eigenvalue weighted by molar-refractivity contribution is 5.85. The van der Waals surface area contributed by atoms with E-state index in [2.05, 4.69) is 27.7 Å². The molecule has 0 saturated heterocycles. The van der Waals surface area contributed by atoms with Gasteiger partial charge in [-0.15, -0.1) is 0 Å². The number of amidine groups is 1. The second-order valence-electron chi connectivity index (χ2n) is 2.13. The molecule has 0 atom stereocenters. The molecule has 0 aromatic heterocycles. The van der Waals surface area contributed by atoms with Crippen molar-refractivity contribution in [2.24, 2.45) is 5.10 Å². The zero-order valence-electron chi connectivity index (χ0n) is 6.07. The maximum absolute atomic E-state index is 3.97. The van der Waals surface area contributed by atoms with Crippen LogP contribution in [0.15, 0.2) is 17.5 Å². The average molecular weight is 140 g/mol. The third-order valence-electron chi connectivity index (χ3n) is 1.23. The van der Waals surface area contributed by atoms with Crippen LogP contribution in [0.25, 0.3) is 0 Å². The average Bonchev–Trinajstić information content (AvgIpc) is 2.31. The second kappa shape index (κ2) is 3.22. The van der Waals surface area contributed by atoms with E-state index in [1.807, 2.05) is 7.05 Å². The largest absolute Gasteiger partial charge is 0.328 e. The van der Waals surface area contributed by atoms with Crippen LogP contribution >= 0.6 is 0 Å². The Morgan fingerprint density at radius 3 is 3.00 bits per heavy atom. The monoisotopic (exact) mass is 140 g/mol. The molecule has 1 aliphatic heterocycles. The molecule has 0 spiro atoms. The first-order valence-corrected chi connectivity index (χ1v) is 3.26. The van der Waals surface area contributed by atoms with E-state index >= 15 is 0 Å². The molecule has 1 rings (SSSR count). The SMILES string of the molecule is C=C1NN=C(CCNC)N1. The molecule has 0 saturated carbocycles. The van der Waals surface area contributed by atoms with E-state index in [0.717, 1.165) is 24.6 Å². The molecule has 0 radical (unpaired) electrons. The van der Waals surface area contributed by atoms with Crippen LogP contribution < -0.4 is 16.1 Å². The van der Waals surface area contributed by atoms with Crippen LogP contribution in [0, 0.1) is 0 Å². The Labute approximate surface area is 60.4 Å². The maximum Gasteiger partial charge on any atom is 0.129 e. The van der Waals surface area contributed by atoms with Gasteiger partial charge in [-0.05, 0) is 7.05 Å². The fourth-order valence-electron chi connectivity index (χ4n) is 0.727. The van der Waals surface area contributed by atoms with Gasteiger partial charge in [-0.3, -0.25) is 5.43 Å². The molecule has 1 heterocycles. The first-order valence-electron chi connectivity index (χ1n) is 3.26. The highest BCUT2D eigenvalue weighted by Crippen LogP contribution is 1.91. The quantitative estimate of drug-likeness (QED) is 0.498. The third kappa shape index (κ3) is 1.73. The maximum atomic E-state index is 3.97. The van der Waals surface area contributed by atoms with Crippen molar-refractivity contribution in [1.29, 1.82) is 0 Å². The summed E-state index contributed by atoms with van der Waals surface area (Å²) in [5, 5.41) is 9.99. The lowest BCUT2D eigenvalue weighted by atomic mass is 10.4. The van der Waals surface area contributed by atoms with Crippen molar-refractivity contribution >= 4 is 5.84 Å². The van der Waals surface area contributed by atoms with Crippen molar-refractivity contribution in [2.45, 2.75) is 6.42 Å². The van der Waals surface area contributed by atoms with Gasteiger partial charge in [0, 0.05) is 13.0 Å². The lowest BCUT2D eigenvalue weighted by Crippen LogP contribution is -2.22. The molecule has 4 nitrogen and oxygen atoms in total. The van der Waals surface area contributed by atoms with Gasteiger partial charge in [-0.1, -0.05) is 6.58 Å². The molecule has 10 heavy (non-hydrogen) atoms. The summed E-state index contributed by atoms with van der Waals surface area (Å²) < 4.78 is 0. The summed E-state index contributed by atoms with van der Waals surface area (Å²) >= 11 is 0. The van der Waals surface area contributed by atoms with Crippen molar-refractivity contribution in [3.8, 4) is 0 Å². The van der Waals surface area contributed by atoms with Gasteiger partial charge in [0.1, 0.15) is 11.7 Å². The Bertz CT molecular complexity index is 161. The zero-order chi connectivity index (χ0) is 7.40. The van der Waals surface area contributed by atoms with Crippen LogP contribution in [0.1, 0.15) is 6.42 Å². The number of hydrogen-bond acceptors (Lipinski definition) is 4. The van der Waals surface area contributed by atoms with Gasteiger partial charge >= 0.3 is 0 Å². The van der Waals surface area contributed by atoms with Crippen molar-refractivity contribution in [3.63, 3.8) is 0 Å². The number of hydrogen-bond donors (Lipinski definition) is 3. The number of rotatable bonds is 3. The van der Waals surface area contributed by atoms with E-state index in [1.165, 1.54) is 0 Å². The van der Waals surface area contributed by atoms with E-state index in [1.54, 1.807) is 0 Å². The number of nitrogens with one attached hydrogen (secondary N) is 3. The van der Waals surface area contributed by atoms with Crippen LogP contribution in [-0.4, -0.2) is 19.4 Å². The van der Waals surface area contributed by atoms with Gasteiger partial charge in [0.2, 0.25) is 0 Å². The van der Waals surface area contributed by atoms with Gasteiger partial charge in [0.15, 0.2) is 0 Å². The minimum atomic E-state index is 0.756. The topological polar surface area (TPSA) is 48.5 Å². The summed E-state index contributed by atoms with van der Waals surface area (Å²) in [6.45, 7) is 4.59. The fourth-order valence-corrected chi connectivity index (χ4v) is 0.727. The molecule has 0 aromatic carbocycles. The number of nitrogens with zero attached hydrogens (tertiary/aromatic N) is 1. The molecule has 0 fully saturated rings. The Hall–Kier alpha value is -1.03. The van der Waals surface area contributed by atoms with E-state index < -0.39 is 0 Å². The van der Waals surface area contributed by atoms with Crippen LogP contribution in [0.2, 0.25) is 0 Å². The Kier molecular flexibility index (Phi) is 2.28. The van der Waals surface area contributed by atoms with Crippen molar-refractivity contribution < 1.29 is 0 Å². The minimum absolute atomic E-state index is 0.756. The smallest absolute Gasteiger partial charge is 0.129 e. The van der Waals surface area contributed by atoms with Gasteiger partial charge < -0.3 is 10.6 Å². The predicted molar refractivity (Wildman–Crippen MR) is 41.4 cm³/mol. The molecular weight excluding hydrogens is 128 g/mol. The molecule has 4 heteroatoms. The number of hydrazone groups is 1. The molecule has 3 N–H and O–H groups in total. The summed E-state index contributed by atoms with van der Waals surface area (Å²) in [5.74, 6) is 1.70. The fraction of sp³-hybridized carbons (Fsp3) is 0.500. The molecule has 56 valence electrons. The molecule has 0 aromatic rings. The molecular formula is C6H12N4. The first-order chi connectivity index (χ1) is 4.83. The summed E-state index contributed by atoms with van der Waals surface area (Å²) in [6.07, 6.45) is 0.905. The lowest BCUT2D eigenvalue weighted by Gasteiger charge is -1.98. The molecule has 0 bridgehead atoms. The summed E-state index contributed by atoms with van der Waals surface area (Å²) in [7, 11) is 1.91. The van der Waals surface area contributed by atoms with E-state index in [0.29, 0.717) is 0 Å². The standard InChI is InChI=1S/C6H12N4/c1-5-8-6(10-9-5)3-4-7-2/h7,9H,1,3-4H2,2H3,(H,8,10). The molecule has 0 aliphatic carbocycles. The van der Waals surface area contributed by atoms with Crippen LogP contribution in [0.4, 0.5) is 0 Å². The van der Waals surface area contributed by atoms with E-state index in [4.69, 9.17) is 0 Å². The molecule has 0 unspecified atom stereocenters. The first kappa shape index (κ1) is 7.08. The second-order valence-corrected chi connectivity index (χ2v) is 2.13. The summed E-state index contributed by atoms with van der Waals surface area (Å²) in [5.41, 5.74) is 2.73. The van der Waals surface area contributed by atoms with Crippen LogP contribution in [0.3, 0.4) is 0 Å². The van der Waals surface area contributed by atoms with Gasteiger partial charge in [-0.25, -0.2) is 0 Å². The van der Waals surface area contributed by atoms with Crippen LogP contribution in [-0.2, 0) is 0 Å². The van der Waals surface area contributed by atoms with Crippen LogP contribution in [0.5, 0.6) is 0 Å².